The summed E-state index contributed by atoms with van der Waals surface area (Å²) < 4.78 is 25.7. The Balaban J connectivity index is 1.88. The van der Waals surface area contributed by atoms with Crippen LogP contribution in [0.25, 0.3) is 10.2 Å². The van der Waals surface area contributed by atoms with Gasteiger partial charge in [-0.05, 0) is 36.8 Å². The van der Waals surface area contributed by atoms with Gasteiger partial charge in [0.2, 0.25) is 14.2 Å². The third-order valence-electron chi connectivity index (χ3n) is 3.47. The summed E-state index contributed by atoms with van der Waals surface area (Å²) in [4.78, 5) is 4.25. The van der Waals surface area contributed by atoms with Crippen molar-refractivity contribution in [3.63, 3.8) is 0 Å². The molecule has 1 heterocycles. The quantitative estimate of drug-likeness (QED) is 0.868. The van der Waals surface area contributed by atoms with E-state index in [0.717, 1.165) is 23.1 Å². The lowest BCUT2D eigenvalue weighted by atomic mass is 9.77. The average molecular weight is 281 g/mol. The van der Waals surface area contributed by atoms with Gasteiger partial charge in [-0.1, -0.05) is 19.1 Å². The van der Waals surface area contributed by atoms with E-state index in [1.165, 1.54) is 11.3 Å². The number of para-hydroxylation sites is 1. The molecule has 0 spiro atoms. The number of nitrogens with zero attached hydrogens (tertiary/aromatic N) is 1. The Labute approximate surface area is 111 Å². The van der Waals surface area contributed by atoms with Crippen LogP contribution in [0.3, 0.4) is 0 Å². The maximum absolute atomic E-state index is 12.3. The molecule has 1 aromatic heterocycles. The van der Waals surface area contributed by atoms with Gasteiger partial charge in [-0.2, -0.15) is 0 Å². The monoisotopic (exact) mass is 281 g/mol. The molecule has 0 saturated heterocycles. The third kappa shape index (κ3) is 2.17. The van der Waals surface area contributed by atoms with Gasteiger partial charge in [-0.15, -0.1) is 11.3 Å². The van der Waals surface area contributed by atoms with Crippen LogP contribution in [0.4, 0.5) is 0 Å². The summed E-state index contributed by atoms with van der Waals surface area (Å²) in [6.07, 6.45) is 2.06. The minimum absolute atomic E-state index is 0.261. The Morgan fingerprint density at radius 2 is 2.06 bits per heavy atom. The van der Waals surface area contributed by atoms with Gasteiger partial charge in [0.25, 0.3) is 0 Å². The predicted octanol–water partition coefficient (Wildman–Crippen LogP) is 3.12. The highest BCUT2D eigenvalue weighted by Crippen LogP contribution is 2.36. The van der Waals surface area contributed by atoms with Gasteiger partial charge in [0.1, 0.15) is 0 Å². The first-order valence-corrected chi connectivity index (χ1v) is 8.60. The lowest BCUT2D eigenvalue weighted by Crippen LogP contribution is -2.28. The average Bonchev–Trinajstić information content (AvgIpc) is 2.71. The maximum atomic E-state index is 12.3. The Morgan fingerprint density at radius 1 is 1.33 bits per heavy atom. The standard InChI is InChI=1S/C13H15NO2S2/c1-9-6-10(7-9)8-18(15,16)13-14-11-4-2-3-5-12(11)17-13/h2-5,9-10H,6-8H2,1H3/t9-,10+. The van der Waals surface area contributed by atoms with Crippen molar-refractivity contribution >= 4 is 31.4 Å². The van der Waals surface area contributed by atoms with Gasteiger partial charge < -0.3 is 0 Å². The first-order chi connectivity index (χ1) is 8.54. The van der Waals surface area contributed by atoms with Crippen molar-refractivity contribution in [1.29, 1.82) is 0 Å². The number of sulfone groups is 1. The van der Waals surface area contributed by atoms with Crippen molar-refractivity contribution in [3.05, 3.63) is 24.3 Å². The molecule has 1 aromatic carbocycles. The molecule has 1 fully saturated rings. The molecule has 0 N–H and O–H groups in total. The molecule has 0 amide bonds. The van der Waals surface area contributed by atoms with Crippen molar-refractivity contribution in [1.82, 2.24) is 4.98 Å². The molecule has 0 aliphatic heterocycles. The van der Waals surface area contributed by atoms with Gasteiger partial charge in [0, 0.05) is 0 Å². The summed E-state index contributed by atoms with van der Waals surface area (Å²) in [7, 11) is -3.20. The lowest BCUT2D eigenvalue weighted by Gasteiger charge is -2.31. The predicted molar refractivity (Wildman–Crippen MR) is 73.6 cm³/mol. The summed E-state index contributed by atoms with van der Waals surface area (Å²) in [5, 5.41) is 0. The second-order valence-corrected chi connectivity index (χ2v) is 8.41. The smallest absolute Gasteiger partial charge is 0.210 e. The number of aromatic nitrogens is 1. The topological polar surface area (TPSA) is 47.0 Å². The molecule has 0 unspecified atom stereocenters. The summed E-state index contributed by atoms with van der Waals surface area (Å²) in [5.74, 6) is 1.27. The van der Waals surface area contributed by atoms with Gasteiger partial charge in [0.05, 0.1) is 16.0 Å². The molecular formula is C13H15NO2S2. The van der Waals surface area contributed by atoms with Crippen molar-refractivity contribution in [2.24, 2.45) is 11.8 Å². The Kier molecular flexibility index (Phi) is 2.90. The van der Waals surface area contributed by atoms with E-state index in [1.54, 1.807) is 0 Å². The van der Waals surface area contributed by atoms with Crippen molar-refractivity contribution < 1.29 is 8.42 Å². The minimum Gasteiger partial charge on any atom is -0.225 e. The molecular weight excluding hydrogens is 266 g/mol. The fourth-order valence-corrected chi connectivity index (χ4v) is 5.52. The summed E-state index contributed by atoms with van der Waals surface area (Å²) in [6, 6.07) is 7.56. The highest BCUT2D eigenvalue weighted by atomic mass is 32.2. The van der Waals surface area contributed by atoms with E-state index in [-0.39, 0.29) is 10.1 Å². The van der Waals surface area contributed by atoms with Crippen LogP contribution in [0.5, 0.6) is 0 Å². The number of hydrogen-bond donors (Lipinski definition) is 0. The van der Waals surface area contributed by atoms with Crippen molar-refractivity contribution in [2.75, 3.05) is 5.75 Å². The molecule has 0 radical (unpaired) electrons. The van der Waals surface area contributed by atoms with E-state index in [9.17, 15) is 8.42 Å². The fraction of sp³-hybridized carbons (Fsp3) is 0.462. The van der Waals surface area contributed by atoms with E-state index in [0.29, 0.717) is 11.8 Å². The molecule has 5 heteroatoms. The molecule has 1 aliphatic rings. The minimum atomic E-state index is -3.20. The largest absolute Gasteiger partial charge is 0.225 e. The van der Waals surface area contributed by atoms with Crippen LogP contribution in [0, 0.1) is 11.8 Å². The summed E-state index contributed by atoms with van der Waals surface area (Å²) >= 11 is 1.28. The number of fused-ring (bicyclic) bond motifs is 1. The highest BCUT2D eigenvalue weighted by molar-refractivity contribution is 7.93. The number of hydrogen-bond acceptors (Lipinski definition) is 4. The van der Waals surface area contributed by atoms with Crippen LogP contribution < -0.4 is 0 Å². The SMILES string of the molecule is C[C@H]1C[C@@H](CS(=O)(=O)c2nc3ccccc3s2)C1. The molecule has 96 valence electrons. The van der Waals surface area contributed by atoms with E-state index >= 15 is 0 Å². The highest BCUT2D eigenvalue weighted by Gasteiger charge is 2.32. The third-order valence-corrected chi connectivity index (χ3v) is 6.84. The van der Waals surface area contributed by atoms with Gasteiger partial charge in [-0.25, -0.2) is 13.4 Å². The zero-order chi connectivity index (χ0) is 12.8. The van der Waals surface area contributed by atoms with E-state index in [4.69, 9.17) is 0 Å². The van der Waals surface area contributed by atoms with Crippen LogP contribution in [-0.2, 0) is 9.84 Å². The Hall–Kier alpha value is -0.940. The normalized spacial score (nSPS) is 24.1. The van der Waals surface area contributed by atoms with Crippen LogP contribution in [0.1, 0.15) is 19.8 Å². The van der Waals surface area contributed by atoms with Crippen molar-refractivity contribution in [3.8, 4) is 0 Å². The van der Waals surface area contributed by atoms with Gasteiger partial charge >= 0.3 is 0 Å². The van der Waals surface area contributed by atoms with Gasteiger partial charge in [0.15, 0.2) is 0 Å². The van der Waals surface area contributed by atoms with E-state index < -0.39 is 9.84 Å². The lowest BCUT2D eigenvalue weighted by molar-refractivity contribution is 0.235. The van der Waals surface area contributed by atoms with Crippen LogP contribution in [0.15, 0.2) is 28.6 Å². The maximum Gasteiger partial charge on any atom is 0.210 e. The molecule has 0 bridgehead atoms. The summed E-state index contributed by atoms with van der Waals surface area (Å²) in [5.41, 5.74) is 0.781. The summed E-state index contributed by atoms with van der Waals surface area (Å²) in [6.45, 7) is 2.17. The zero-order valence-electron chi connectivity index (χ0n) is 10.2. The second kappa shape index (κ2) is 4.31. The number of benzene rings is 1. The van der Waals surface area contributed by atoms with Crippen molar-refractivity contribution in [2.45, 2.75) is 24.1 Å². The number of rotatable bonds is 3. The Morgan fingerprint density at radius 3 is 2.72 bits per heavy atom. The van der Waals surface area contributed by atoms with Crippen LogP contribution in [0.2, 0.25) is 0 Å². The van der Waals surface area contributed by atoms with Crippen LogP contribution in [-0.4, -0.2) is 19.2 Å². The molecule has 18 heavy (non-hydrogen) atoms. The second-order valence-electron chi connectivity index (χ2n) is 5.17. The van der Waals surface area contributed by atoms with E-state index in [1.807, 2.05) is 24.3 Å². The van der Waals surface area contributed by atoms with Crippen LogP contribution >= 0.6 is 11.3 Å². The molecule has 0 atom stereocenters. The zero-order valence-corrected chi connectivity index (χ0v) is 11.8. The van der Waals surface area contributed by atoms with E-state index in [2.05, 4.69) is 11.9 Å². The Bertz CT molecular complexity index is 636. The molecule has 1 saturated carbocycles. The first-order valence-electron chi connectivity index (χ1n) is 6.13. The molecule has 2 aromatic rings. The van der Waals surface area contributed by atoms with Gasteiger partial charge in [-0.3, -0.25) is 0 Å². The molecule has 1 aliphatic carbocycles. The fourth-order valence-electron chi connectivity index (χ4n) is 2.57. The molecule has 3 nitrogen and oxygen atoms in total. The first kappa shape index (κ1) is 12.1. The molecule has 3 rings (SSSR count). The number of thiazole rings is 1.